The normalized spacial score (nSPS) is 29.2. The number of ketones is 1. The van der Waals surface area contributed by atoms with Gasteiger partial charge in [-0.2, -0.15) is 0 Å². The molecule has 2 fully saturated rings. The maximum Gasteiger partial charge on any atom is 0.161 e. The largest absolute Gasteiger partial charge is 0.297 e. The molecule has 3 heteroatoms. The highest BCUT2D eigenvalue weighted by Crippen LogP contribution is 2.34. The van der Waals surface area contributed by atoms with Gasteiger partial charge in [0.05, 0.1) is 5.04 Å². The number of hydrogen-bond acceptors (Lipinski definition) is 3. The summed E-state index contributed by atoms with van der Waals surface area (Å²) in [7, 11) is 0. The Kier molecular flexibility index (Phi) is 7.04. The van der Waals surface area contributed by atoms with E-state index >= 15 is 0 Å². The lowest BCUT2D eigenvalue weighted by Crippen LogP contribution is -2.28. The molecule has 0 aromatic rings. The zero-order valence-electron chi connectivity index (χ0n) is 14.6. The monoisotopic (exact) mass is 335 g/mol. The van der Waals surface area contributed by atoms with Crippen LogP contribution in [0.1, 0.15) is 89.9 Å². The molecule has 0 amide bonds. The summed E-state index contributed by atoms with van der Waals surface area (Å²) in [6, 6.07) is -0.00938. The van der Waals surface area contributed by atoms with Crippen molar-refractivity contribution >= 4 is 22.6 Å². The maximum absolute atomic E-state index is 12.9. The zero-order valence-corrected chi connectivity index (χ0v) is 15.4. The molecule has 2 saturated carbocycles. The molecule has 0 saturated heterocycles. The van der Waals surface area contributed by atoms with Crippen molar-refractivity contribution in [3.63, 3.8) is 0 Å². The first-order valence-electron chi connectivity index (χ1n) is 10.1. The molecule has 0 spiro atoms. The number of carbonyl (C=O) groups excluding carboxylic acids is 1. The average molecular weight is 336 g/mol. The quantitative estimate of drug-likeness (QED) is 0.653. The molecule has 1 aliphatic heterocycles. The molecule has 0 aromatic carbocycles. The molecule has 3 aliphatic rings. The number of aliphatic imine (C=N–C) groups is 1. The van der Waals surface area contributed by atoms with E-state index in [9.17, 15) is 4.79 Å². The summed E-state index contributed by atoms with van der Waals surface area (Å²) in [4.78, 5) is 17.8. The van der Waals surface area contributed by atoms with Crippen molar-refractivity contribution in [1.82, 2.24) is 0 Å². The first-order valence-corrected chi connectivity index (χ1v) is 11.1. The van der Waals surface area contributed by atoms with Crippen LogP contribution in [-0.2, 0) is 4.79 Å². The fourth-order valence-corrected chi connectivity index (χ4v) is 5.72. The molecule has 2 aliphatic carbocycles. The second-order valence-electron chi connectivity index (χ2n) is 7.78. The van der Waals surface area contributed by atoms with Crippen LogP contribution in [0.15, 0.2) is 4.99 Å². The molecule has 130 valence electrons. The van der Waals surface area contributed by atoms with E-state index < -0.39 is 0 Å². The van der Waals surface area contributed by atoms with Crippen LogP contribution < -0.4 is 0 Å². The van der Waals surface area contributed by atoms with E-state index in [0.717, 1.165) is 18.6 Å². The van der Waals surface area contributed by atoms with Crippen LogP contribution in [0.3, 0.4) is 0 Å². The van der Waals surface area contributed by atoms with Gasteiger partial charge in [-0.25, -0.2) is 0 Å². The minimum Gasteiger partial charge on any atom is -0.297 e. The summed E-state index contributed by atoms with van der Waals surface area (Å²) < 4.78 is 0. The number of thioether (sulfide) groups is 1. The number of Topliss-reactive ketones (excluding diaryl/α,β-unsaturated/α-hetero) is 1. The van der Waals surface area contributed by atoms with Crippen molar-refractivity contribution in [2.24, 2.45) is 16.8 Å². The smallest absolute Gasteiger partial charge is 0.161 e. The van der Waals surface area contributed by atoms with Crippen LogP contribution in [0.4, 0.5) is 0 Å². The standard InChI is InChI=1S/C20H33NOS/c22-19(16-11-7-3-1-4-8-12-16)18-15-23-20(21-18)17-13-9-5-2-6-10-14-17/h16-18H,1-15H2. The molecular formula is C20H33NOS. The Morgan fingerprint density at radius 3 is 1.91 bits per heavy atom. The molecule has 1 heterocycles. The summed E-state index contributed by atoms with van der Waals surface area (Å²) in [5, 5.41) is 1.33. The lowest BCUT2D eigenvalue weighted by atomic mass is 9.86. The summed E-state index contributed by atoms with van der Waals surface area (Å²) in [5.74, 6) is 2.37. The maximum atomic E-state index is 12.9. The topological polar surface area (TPSA) is 29.4 Å². The highest BCUT2D eigenvalue weighted by molar-refractivity contribution is 8.14. The van der Waals surface area contributed by atoms with E-state index in [1.165, 1.54) is 82.1 Å². The fraction of sp³-hybridized carbons (Fsp3) is 0.900. The van der Waals surface area contributed by atoms with E-state index in [1.54, 1.807) is 0 Å². The molecule has 23 heavy (non-hydrogen) atoms. The van der Waals surface area contributed by atoms with Gasteiger partial charge in [0, 0.05) is 17.6 Å². The number of nitrogens with zero attached hydrogens (tertiary/aromatic N) is 1. The van der Waals surface area contributed by atoms with E-state index in [-0.39, 0.29) is 6.04 Å². The van der Waals surface area contributed by atoms with E-state index in [2.05, 4.69) is 0 Å². The van der Waals surface area contributed by atoms with Crippen molar-refractivity contribution in [1.29, 1.82) is 0 Å². The predicted octanol–water partition coefficient (Wildman–Crippen LogP) is 5.79. The van der Waals surface area contributed by atoms with E-state index in [0.29, 0.717) is 17.6 Å². The third-order valence-corrected chi connectivity index (χ3v) is 7.18. The van der Waals surface area contributed by atoms with Gasteiger partial charge in [-0.3, -0.25) is 9.79 Å². The first kappa shape index (κ1) is 17.5. The van der Waals surface area contributed by atoms with Crippen molar-refractivity contribution in [3.05, 3.63) is 0 Å². The number of rotatable bonds is 3. The Hall–Kier alpha value is -0.310. The lowest BCUT2D eigenvalue weighted by molar-refractivity contribution is -0.124. The van der Waals surface area contributed by atoms with Crippen molar-refractivity contribution in [2.75, 3.05) is 5.75 Å². The minimum atomic E-state index is -0.00938. The average Bonchev–Trinajstić information content (AvgIpc) is 2.95. The van der Waals surface area contributed by atoms with E-state index in [4.69, 9.17) is 4.99 Å². The molecule has 1 atom stereocenters. The van der Waals surface area contributed by atoms with Gasteiger partial charge < -0.3 is 0 Å². The van der Waals surface area contributed by atoms with Gasteiger partial charge in [-0.05, 0) is 25.7 Å². The Morgan fingerprint density at radius 1 is 0.783 bits per heavy atom. The summed E-state index contributed by atoms with van der Waals surface area (Å²) in [6.45, 7) is 0. The van der Waals surface area contributed by atoms with Crippen molar-refractivity contribution in [3.8, 4) is 0 Å². The van der Waals surface area contributed by atoms with Gasteiger partial charge in [-0.15, -0.1) is 11.8 Å². The Balaban J connectivity index is 1.57. The summed E-state index contributed by atoms with van der Waals surface area (Å²) >= 11 is 1.90. The first-order chi connectivity index (χ1) is 11.3. The fourth-order valence-electron chi connectivity index (χ4n) is 4.48. The predicted molar refractivity (Wildman–Crippen MR) is 100 cm³/mol. The summed E-state index contributed by atoms with van der Waals surface area (Å²) in [5.41, 5.74) is 0. The van der Waals surface area contributed by atoms with Gasteiger partial charge >= 0.3 is 0 Å². The summed E-state index contributed by atoms with van der Waals surface area (Å²) in [6.07, 6.45) is 18.2. The van der Waals surface area contributed by atoms with Crippen LogP contribution in [0.25, 0.3) is 0 Å². The molecule has 0 N–H and O–H groups in total. The van der Waals surface area contributed by atoms with Gasteiger partial charge in [-0.1, -0.05) is 64.2 Å². The van der Waals surface area contributed by atoms with Crippen LogP contribution in [0.5, 0.6) is 0 Å². The Labute approximate surface area is 146 Å². The number of hydrogen-bond donors (Lipinski definition) is 0. The minimum absolute atomic E-state index is 0.00938. The van der Waals surface area contributed by atoms with Crippen molar-refractivity contribution in [2.45, 2.75) is 95.9 Å². The van der Waals surface area contributed by atoms with Crippen LogP contribution >= 0.6 is 11.8 Å². The van der Waals surface area contributed by atoms with E-state index in [1.807, 2.05) is 11.8 Å². The van der Waals surface area contributed by atoms with Gasteiger partial charge in [0.25, 0.3) is 0 Å². The number of carbonyl (C=O) groups is 1. The molecule has 3 rings (SSSR count). The second-order valence-corrected chi connectivity index (χ2v) is 8.82. The van der Waals surface area contributed by atoms with Crippen LogP contribution in [-0.4, -0.2) is 22.6 Å². The third-order valence-electron chi connectivity index (χ3n) is 5.96. The van der Waals surface area contributed by atoms with Gasteiger partial charge in [0.2, 0.25) is 0 Å². The molecule has 2 nitrogen and oxygen atoms in total. The molecule has 1 unspecified atom stereocenters. The highest BCUT2D eigenvalue weighted by atomic mass is 32.2. The van der Waals surface area contributed by atoms with Crippen LogP contribution in [0.2, 0.25) is 0 Å². The molecular weight excluding hydrogens is 302 g/mol. The second kappa shape index (κ2) is 9.25. The van der Waals surface area contributed by atoms with Crippen molar-refractivity contribution < 1.29 is 4.79 Å². The van der Waals surface area contributed by atoms with Crippen LogP contribution in [0, 0.1) is 11.8 Å². The van der Waals surface area contributed by atoms with Gasteiger partial charge in [0.15, 0.2) is 5.78 Å². The zero-order chi connectivity index (χ0) is 15.9. The van der Waals surface area contributed by atoms with Gasteiger partial charge in [0.1, 0.15) is 6.04 Å². The molecule has 0 aromatic heterocycles. The molecule has 0 radical (unpaired) electrons. The third kappa shape index (κ3) is 5.08. The molecule has 0 bridgehead atoms. The SMILES string of the molecule is O=C(C1CCCCCCC1)C1CSC(C2CCCCCCC2)=N1. The highest BCUT2D eigenvalue weighted by Gasteiger charge is 2.32. The lowest BCUT2D eigenvalue weighted by Gasteiger charge is -2.20. The Bertz CT molecular complexity index is 404. The Morgan fingerprint density at radius 2 is 1.30 bits per heavy atom.